The predicted molar refractivity (Wildman–Crippen MR) is 123 cm³/mol. The Labute approximate surface area is 179 Å². The zero-order valence-corrected chi connectivity index (χ0v) is 18.2. The summed E-state index contributed by atoms with van der Waals surface area (Å²) in [6, 6.07) is 15.1. The summed E-state index contributed by atoms with van der Waals surface area (Å²) < 4.78 is 0. The van der Waals surface area contributed by atoms with Crippen LogP contribution in [0.2, 0.25) is 0 Å². The molecule has 3 aromatic heterocycles. The van der Waals surface area contributed by atoms with Gasteiger partial charge in [0.2, 0.25) is 0 Å². The normalized spacial score (nSPS) is 15.2. The molecule has 3 nitrogen and oxygen atoms in total. The number of amides is 1. The fourth-order valence-corrected chi connectivity index (χ4v) is 6.01. The van der Waals surface area contributed by atoms with Gasteiger partial charge in [0.05, 0.1) is 16.9 Å². The van der Waals surface area contributed by atoms with Crippen LogP contribution in [-0.4, -0.2) is 21.8 Å². The summed E-state index contributed by atoms with van der Waals surface area (Å²) in [5.41, 5.74) is 2.22. The van der Waals surface area contributed by atoms with E-state index in [1.54, 1.807) is 11.3 Å². The fraction of sp³-hybridized carbons (Fsp3) is 0.333. The van der Waals surface area contributed by atoms with Gasteiger partial charge in [0.1, 0.15) is 4.83 Å². The van der Waals surface area contributed by atoms with Crippen molar-refractivity contribution >= 4 is 49.7 Å². The second-order valence-corrected chi connectivity index (χ2v) is 10.1. The molecule has 0 bridgehead atoms. The van der Waals surface area contributed by atoms with Gasteiger partial charge in [0.15, 0.2) is 0 Å². The summed E-state index contributed by atoms with van der Waals surface area (Å²) in [6.45, 7) is 2.81. The Morgan fingerprint density at radius 3 is 2.76 bits per heavy atom. The highest BCUT2D eigenvalue weighted by Crippen LogP contribution is 2.32. The zero-order valence-electron chi connectivity index (χ0n) is 16.6. The molecule has 0 saturated heterocycles. The number of rotatable bonds is 4. The Morgan fingerprint density at radius 2 is 1.97 bits per heavy atom. The molecule has 1 amide bonds. The highest BCUT2D eigenvalue weighted by atomic mass is 32.1. The minimum absolute atomic E-state index is 0.161. The maximum atomic E-state index is 13.6. The van der Waals surface area contributed by atoms with Crippen molar-refractivity contribution in [1.29, 1.82) is 0 Å². The molecule has 1 aromatic carbocycles. The van der Waals surface area contributed by atoms with Crippen molar-refractivity contribution in [3.8, 4) is 0 Å². The van der Waals surface area contributed by atoms with E-state index in [0.717, 1.165) is 38.8 Å². The number of carbonyl (C=O) groups is 1. The van der Waals surface area contributed by atoms with E-state index < -0.39 is 0 Å². The first-order valence-electron chi connectivity index (χ1n) is 10.3. The lowest BCUT2D eigenvalue weighted by Gasteiger charge is -2.34. The molecule has 3 heterocycles. The lowest BCUT2D eigenvalue weighted by molar-refractivity contribution is 0.0622. The first-order chi connectivity index (χ1) is 14.2. The van der Waals surface area contributed by atoms with Gasteiger partial charge in [-0.05, 0) is 55.5 Å². The van der Waals surface area contributed by atoms with E-state index in [0.29, 0.717) is 12.6 Å². The van der Waals surface area contributed by atoms with Crippen LogP contribution in [0.3, 0.4) is 0 Å². The minimum atomic E-state index is 0.161. The van der Waals surface area contributed by atoms with Gasteiger partial charge < -0.3 is 4.90 Å². The number of fused-ring (bicyclic) bond motifs is 2. The standard InChI is InChI=1S/C24H24N2OS2/c1-16-9-10-21-17(12-16)13-18-14-22(29-23(18)25-21)24(27)26(15-20-8-5-11-28-20)19-6-3-2-4-7-19/h5,8-14,19H,2-4,6-7,15H2,1H3. The number of thiophene rings is 2. The van der Waals surface area contributed by atoms with Crippen LogP contribution < -0.4 is 0 Å². The monoisotopic (exact) mass is 420 g/mol. The van der Waals surface area contributed by atoms with E-state index in [2.05, 4.69) is 53.6 Å². The topological polar surface area (TPSA) is 33.2 Å². The van der Waals surface area contributed by atoms with Crippen LogP contribution in [0.5, 0.6) is 0 Å². The molecule has 1 aliphatic carbocycles. The molecule has 0 spiro atoms. The van der Waals surface area contributed by atoms with Crippen LogP contribution in [0, 0.1) is 6.92 Å². The van der Waals surface area contributed by atoms with Gasteiger partial charge in [-0.1, -0.05) is 37.0 Å². The van der Waals surface area contributed by atoms with Gasteiger partial charge in [-0.25, -0.2) is 4.98 Å². The summed E-state index contributed by atoms with van der Waals surface area (Å²) in [5, 5.41) is 4.30. The van der Waals surface area contributed by atoms with Gasteiger partial charge in [-0.2, -0.15) is 0 Å². The molecule has 1 fully saturated rings. The van der Waals surface area contributed by atoms with Crippen LogP contribution in [-0.2, 0) is 6.54 Å². The third-order valence-electron chi connectivity index (χ3n) is 5.85. The number of hydrogen-bond donors (Lipinski definition) is 0. The summed E-state index contributed by atoms with van der Waals surface area (Å²) >= 11 is 3.26. The Bertz CT molecular complexity index is 1160. The van der Waals surface area contributed by atoms with Crippen LogP contribution in [0.25, 0.3) is 21.1 Å². The Hall–Kier alpha value is -2.24. The van der Waals surface area contributed by atoms with Gasteiger partial charge in [0.25, 0.3) is 5.91 Å². The molecule has 148 valence electrons. The van der Waals surface area contributed by atoms with Crippen LogP contribution in [0.4, 0.5) is 0 Å². The van der Waals surface area contributed by atoms with Crippen molar-refractivity contribution in [3.63, 3.8) is 0 Å². The number of aryl methyl sites for hydroxylation is 1. The fourth-order valence-electron chi connectivity index (χ4n) is 4.33. The van der Waals surface area contributed by atoms with E-state index in [1.165, 1.54) is 41.0 Å². The molecule has 0 N–H and O–H groups in total. The van der Waals surface area contributed by atoms with Gasteiger partial charge >= 0.3 is 0 Å². The number of carbonyl (C=O) groups excluding carboxylic acids is 1. The Morgan fingerprint density at radius 1 is 1.10 bits per heavy atom. The summed E-state index contributed by atoms with van der Waals surface area (Å²) in [6.07, 6.45) is 5.96. The number of hydrogen-bond acceptors (Lipinski definition) is 4. The third kappa shape index (κ3) is 3.81. The van der Waals surface area contributed by atoms with E-state index in [4.69, 9.17) is 4.98 Å². The first-order valence-corrected chi connectivity index (χ1v) is 12.0. The first kappa shape index (κ1) is 18.8. The van der Waals surface area contributed by atoms with Crippen molar-refractivity contribution < 1.29 is 4.79 Å². The lowest BCUT2D eigenvalue weighted by atomic mass is 9.94. The smallest absolute Gasteiger partial charge is 0.264 e. The van der Waals surface area contributed by atoms with Gasteiger partial charge in [-0.3, -0.25) is 4.79 Å². The molecule has 29 heavy (non-hydrogen) atoms. The maximum absolute atomic E-state index is 13.6. The number of nitrogens with zero attached hydrogens (tertiary/aromatic N) is 2. The molecular formula is C24H24N2OS2. The van der Waals surface area contributed by atoms with E-state index in [1.807, 2.05) is 6.07 Å². The van der Waals surface area contributed by atoms with Gasteiger partial charge in [-0.15, -0.1) is 22.7 Å². The maximum Gasteiger partial charge on any atom is 0.264 e. The van der Waals surface area contributed by atoms with Crippen LogP contribution in [0.15, 0.2) is 47.8 Å². The predicted octanol–water partition coefficient (Wildman–Crippen LogP) is 6.79. The van der Waals surface area contributed by atoms with Crippen molar-refractivity contribution in [2.45, 2.75) is 51.6 Å². The quantitative estimate of drug-likeness (QED) is 0.364. The highest BCUT2D eigenvalue weighted by molar-refractivity contribution is 7.20. The summed E-state index contributed by atoms with van der Waals surface area (Å²) in [7, 11) is 0. The van der Waals surface area contributed by atoms with E-state index >= 15 is 0 Å². The SMILES string of the molecule is Cc1ccc2nc3sc(C(=O)N(Cc4cccs4)C4CCCCC4)cc3cc2c1. The van der Waals surface area contributed by atoms with Gasteiger partial charge in [0, 0.05) is 21.7 Å². The molecule has 1 saturated carbocycles. The lowest BCUT2D eigenvalue weighted by Crippen LogP contribution is -2.40. The van der Waals surface area contributed by atoms with Crippen molar-refractivity contribution in [3.05, 3.63) is 63.2 Å². The van der Waals surface area contributed by atoms with Crippen LogP contribution >= 0.6 is 22.7 Å². The molecule has 0 radical (unpaired) electrons. The van der Waals surface area contributed by atoms with E-state index in [9.17, 15) is 4.79 Å². The average molecular weight is 421 g/mol. The molecule has 5 heteroatoms. The zero-order chi connectivity index (χ0) is 19.8. The Kier molecular flexibility index (Phi) is 5.10. The van der Waals surface area contributed by atoms with Crippen LogP contribution in [0.1, 0.15) is 52.2 Å². The van der Waals surface area contributed by atoms with Crippen molar-refractivity contribution in [2.24, 2.45) is 0 Å². The second-order valence-electron chi connectivity index (χ2n) is 7.99. The Balaban J connectivity index is 1.51. The molecule has 0 atom stereocenters. The van der Waals surface area contributed by atoms with E-state index in [-0.39, 0.29) is 5.91 Å². The number of aromatic nitrogens is 1. The largest absolute Gasteiger partial charge is 0.330 e. The third-order valence-corrected chi connectivity index (χ3v) is 7.74. The summed E-state index contributed by atoms with van der Waals surface area (Å²) in [5.74, 6) is 0.161. The molecule has 4 aromatic rings. The van der Waals surface area contributed by atoms with Crippen molar-refractivity contribution in [2.75, 3.05) is 0 Å². The minimum Gasteiger partial charge on any atom is -0.330 e. The molecular weight excluding hydrogens is 396 g/mol. The molecule has 1 aliphatic rings. The molecule has 0 aliphatic heterocycles. The molecule has 0 unspecified atom stereocenters. The second kappa shape index (κ2) is 7.88. The number of benzene rings is 1. The molecule has 5 rings (SSSR count). The number of pyridine rings is 1. The van der Waals surface area contributed by atoms with Crippen molar-refractivity contribution in [1.82, 2.24) is 9.88 Å². The highest BCUT2D eigenvalue weighted by Gasteiger charge is 2.28. The average Bonchev–Trinajstić information content (AvgIpc) is 3.40. The summed E-state index contributed by atoms with van der Waals surface area (Å²) in [4.78, 5) is 23.6.